The summed E-state index contributed by atoms with van der Waals surface area (Å²) < 4.78 is 43.9. The number of allylic oxidation sites excluding steroid dienone is 1. The van der Waals surface area contributed by atoms with Crippen LogP contribution in [-0.4, -0.2) is 102 Å². The van der Waals surface area contributed by atoms with Crippen molar-refractivity contribution in [3.63, 3.8) is 0 Å². The maximum absolute atomic E-state index is 14.4. The van der Waals surface area contributed by atoms with Crippen molar-refractivity contribution in [2.75, 3.05) is 13.7 Å². The van der Waals surface area contributed by atoms with Gasteiger partial charge in [-0.1, -0.05) is 31.1 Å². The number of amides is 5. The fraction of sp³-hybridized carbons (Fsp3) is 0.622. The van der Waals surface area contributed by atoms with Gasteiger partial charge in [0.05, 0.1) is 24.5 Å². The molecular weight excluding hydrogens is 722 g/mol. The lowest BCUT2D eigenvalue weighted by molar-refractivity contribution is -0.141. The summed E-state index contributed by atoms with van der Waals surface area (Å²) in [5.74, 6) is -3.12. The molecule has 5 amide bonds. The lowest BCUT2D eigenvalue weighted by Gasteiger charge is -2.30. The van der Waals surface area contributed by atoms with E-state index in [-0.39, 0.29) is 38.9 Å². The third-order valence-corrected chi connectivity index (χ3v) is 12.2. The molecule has 1 saturated heterocycles. The zero-order valence-corrected chi connectivity index (χ0v) is 31.9. The van der Waals surface area contributed by atoms with E-state index in [1.807, 2.05) is 12.2 Å². The van der Waals surface area contributed by atoms with Crippen molar-refractivity contribution in [1.29, 1.82) is 0 Å². The van der Waals surface area contributed by atoms with Crippen molar-refractivity contribution in [2.24, 2.45) is 5.92 Å². The van der Waals surface area contributed by atoms with E-state index in [0.717, 1.165) is 24.0 Å². The number of hydrogen-bond acceptors (Lipinski definition) is 11. The van der Waals surface area contributed by atoms with Gasteiger partial charge in [-0.15, -0.1) is 0 Å². The van der Waals surface area contributed by atoms with Crippen LogP contribution in [0.25, 0.3) is 0 Å². The second-order valence-corrected chi connectivity index (χ2v) is 17.8. The SMILES string of the molecule is COC(=O)c1ccc2c(c1)CN(C(=O)O[C@@H]1C[C@H]3C(=O)N[C@]4(C(=O)NS(=O)(=O)C5CC5)C[C@H]4/C=C\CCCCC[C@H](NC(=O)OC(C)(C)C)C(=O)N3C1)C2. The van der Waals surface area contributed by atoms with Crippen LogP contribution in [0.2, 0.25) is 0 Å². The highest BCUT2D eigenvalue weighted by molar-refractivity contribution is 7.91. The third kappa shape index (κ3) is 8.82. The van der Waals surface area contributed by atoms with Crippen molar-refractivity contribution in [1.82, 2.24) is 25.2 Å². The molecule has 3 heterocycles. The van der Waals surface area contributed by atoms with Crippen molar-refractivity contribution in [3.8, 4) is 0 Å². The number of ether oxygens (including phenoxy) is 3. The first-order chi connectivity index (χ1) is 25.5. The van der Waals surface area contributed by atoms with E-state index >= 15 is 0 Å². The van der Waals surface area contributed by atoms with Gasteiger partial charge in [0.2, 0.25) is 21.8 Å². The Kier molecular flexibility index (Phi) is 11.0. The van der Waals surface area contributed by atoms with Crippen molar-refractivity contribution >= 4 is 45.9 Å². The first-order valence-corrected chi connectivity index (χ1v) is 20.0. The quantitative estimate of drug-likeness (QED) is 0.218. The zero-order valence-electron chi connectivity index (χ0n) is 31.1. The maximum atomic E-state index is 14.4. The maximum Gasteiger partial charge on any atom is 0.410 e. The number of sulfonamides is 1. The molecule has 0 aromatic heterocycles. The van der Waals surface area contributed by atoms with Gasteiger partial charge >= 0.3 is 18.2 Å². The van der Waals surface area contributed by atoms with Gasteiger partial charge in [-0.3, -0.25) is 24.0 Å². The smallest absolute Gasteiger partial charge is 0.410 e. The number of esters is 1. The highest BCUT2D eigenvalue weighted by Crippen LogP contribution is 2.46. The minimum Gasteiger partial charge on any atom is -0.465 e. The molecule has 0 unspecified atom stereocenters. The topological polar surface area (TPSA) is 207 Å². The molecule has 0 bridgehead atoms. The van der Waals surface area contributed by atoms with Crippen LogP contribution in [-0.2, 0) is 51.7 Å². The number of carbonyl (C=O) groups is 6. The minimum atomic E-state index is -3.92. The molecule has 16 nitrogen and oxygen atoms in total. The van der Waals surface area contributed by atoms with Crippen LogP contribution < -0.4 is 15.4 Å². The number of rotatable bonds is 6. The van der Waals surface area contributed by atoms with Crippen LogP contribution in [0.3, 0.4) is 0 Å². The zero-order chi connectivity index (χ0) is 39.0. The van der Waals surface area contributed by atoms with Gasteiger partial charge in [0, 0.05) is 25.4 Å². The van der Waals surface area contributed by atoms with Crippen molar-refractivity contribution < 1.29 is 51.4 Å². The van der Waals surface area contributed by atoms with Gasteiger partial charge in [0.15, 0.2) is 0 Å². The number of benzene rings is 1. The summed E-state index contributed by atoms with van der Waals surface area (Å²) in [5, 5.41) is 4.82. The molecule has 5 atom stereocenters. The average molecular weight is 772 g/mol. The van der Waals surface area contributed by atoms with Crippen LogP contribution in [0.4, 0.5) is 9.59 Å². The number of nitrogens with zero attached hydrogens (tertiary/aromatic N) is 2. The Labute approximate surface area is 314 Å². The van der Waals surface area contributed by atoms with E-state index < -0.39 is 86.4 Å². The van der Waals surface area contributed by atoms with Crippen LogP contribution in [0.5, 0.6) is 0 Å². The summed E-state index contributed by atoms with van der Waals surface area (Å²) in [6.07, 6.45) is 5.20. The average Bonchev–Trinajstić information content (AvgIpc) is 3.99. The van der Waals surface area contributed by atoms with Gasteiger partial charge in [0.25, 0.3) is 5.91 Å². The number of carbonyl (C=O) groups excluding carboxylic acids is 6. The van der Waals surface area contributed by atoms with Crippen molar-refractivity contribution in [3.05, 3.63) is 47.0 Å². The number of hydrogen-bond donors (Lipinski definition) is 3. The summed E-state index contributed by atoms with van der Waals surface area (Å²) in [6.45, 7) is 5.29. The van der Waals surface area contributed by atoms with Gasteiger partial charge in [-0.2, -0.15) is 0 Å². The number of nitrogens with one attached hydrogen (secondary N) is 3. The molecule has 3 fully saturated rings. The predicted molar refractivity (Wildman–Crippen MR) is 192 cm³/mol. The molecule has 5 aliphatic rings. The van der Waals surface area contributed by atoms with Crippen LogP contribution in [0.1, 0.15) is 100 Å². The normalized spacial score (nSPS) is 27.9. The molecule has 1 aromatic carbocycles. The molecule has 3 N–H and O–H groups in total. The predicted octanol–water partition coefficient (Wildman–Crippen LogP) is 2.79. The largest absolute Gasteiger partial charge is 0.465 e. The summed E-state index contributed by atoms with van der Waals surface area (Å²) in [7, 11) is -2.64. The highest BCUT2D eigenvalue weighted by atomic mass is 32.2. The second-order valence-electron chi connectivity index (χ2n) is 15.8. The molecule has 17 heteroatoms. The molecule has 2 saturated carbocycles. The van der Waals surface area contributed by atoms with Gasteiger partial charge in [0.1, 0.15) is 29.3 Å². The summed E-state index contributed by atoms with van der Waals surface area (Å²) >= 11 is 0. The molecule has 0 radical (unpaired) electrons. The van der Waals surface area contributed by atoms with E-state index in [2.05, 4.69) is 15.4 Å². The third-order valence-electron chi connectivity index (χ3n) is 10.4. The second kappa shape index (κ2) is 15.2. The fourth-order valence-electron chi connectivity index (χ4n) is 7.28. The van der Waals surface area contributed by atoms with E-state index in [0.29, 0.717) is 31.2 Å². The Balaban J connectivity index is 1.24. The Morgan fingerprint density at radius 1 is 1.00 bits per heavy atom. The summed E-state index contributed by atoms with van der Waals surface area (Å²) in [6, 6.07) is 2.71. The Bertz CT molecular complexity index is 1840. The molecule has 0 spiro atoms. The van der Waals surface area contributed by atoms with E-state index in [9.17, 15) is 37.2 Å². The number of alkyl carbamates (subject to hydrolysis) is 1. The van der Waals surface area contributed by atoms with Gasteiger partial charge in [-0.25, -0.2) is 22.8 Å². The summed E-state index contributed by atoms with van der Waals surface area (Å²) in [4.78, 5) is 83.4. The highest BCUT2D eigenvalue weighted by Gasteiger charge is 2.62. The van der Waals surface area contributed by atoms with E-state index in [4.69, 9.17) is 14.2 Å². The van der Waals surface area contributed by atoms with Gasteiger partial charge in [-0.05, 0) is 82.6 Å². The molecule has 1 aromatic rings. The first kappa shape index (κ1) is 39.0. The Morgan fingerprint density at radius 2 is 1.74 bits per heavy atom. The lowest BCUT2D eigenvalue weighted by Crippen LogP contribution is -2.58. The van der Waals surface area contributed by atoms with Crippen LogP contribution >= 0.6 is 0 Å². The lowest BCUT2D eigenvalue weighted by atomic mass is 10.0. The number of methoxy groups -OCH3 is 1. The molecule has 6 rings (SSSR count). The van der Waals surface area contributed by atoms with Crippen LogP contribution in [0.15, 0.2) is 30.4 Å². The summed E-state index contributed by atoms with van der Waals surface area (Å²) in [5.41, 5.74) is -0.481. The number of fused-ring (bicyclic) bond motifs is 3. The molecule has 294 valence electrons. The van der Waals surface area contributed by atoms with Crippen molar-refractivity contribution in [2.45, 2.75) is 126 Å². The molecule has 54 heavy (non-hydrogen) atoms. The van der Waals surface area contributed by atoms with Gasteiger partial charge < -0.3 is 29.7 Å². The first-order valence-electron chi connectivity index (χ1n) is 18.5. The monoisotopic (exact) mass is 771 g/mol. The van der Waals surface area contributed by atoms with E-state index in [1.165, 1.54) is 16.9 Å². The Morgan fingerprint density at radius 3 is 2.44 bits per heavy atom. The molecule has 2 aliphatic carbocycles. The molecular formula is C37H49N5O11S. The fourth-order valence-corrected chi connectivity index (χ4v) is 8.65. The van der Waals surface area contributed by atoms with E-state index in [1.54, 1.807) is 39.0 Å². The van der Waals surface area contributed by atoms with Crippen LogP contribution in [0, 0.1) is 5.92 Å². The standard InChI is InChI=1S/C37H49N5O11S/c1-36(2,3)53-34(47)38-28-11-9-7-5-6-8-10-25-18-37(25,33(46)40-54(49,50)27-14-15-27)39-30(43)29-17-26(21-42(29)31(28)44)52-35(48)41-19-23-13-12-22(32(45)51-4)16-24(23)20-41/h8,10,12-13,16,25-29H,5-7,9,11,14-15,17-21H2,1-4H3,(H,38,47)(H,39,43)(H,40,46)/b10-8-/t25-,26-,28+,29+,37-/m1/s1. The molecule has 3 aliphatic heterocycles. The minimum absolute atomic E-state index is 0.117. The Hall–Kier alpha value is -4.67.